The maximum Gasteiger partial charge on any atom is 0.211 e. The maximum atomic E-state index is 11.9. The predicted molar refractivity (Wildman–Crippen MR) is 112 cm³/mol. The quantitative estimate of drug-likeness (QED) is 0.730. The molecule has 2 aliphatic heterocycles. The van der Waals surface area contributed by atoms with Gasteiger partial charge in [-0.3, -0.25) is 0 Å². The summed E-state index contributed by atoms with van der Waals surface area (Å²) in [6, 6.07) is 3.13. The van der Waals surface area contributed by atoms with Crippen LogP contribution in [0.1, 0.15) is 44.2 Å². The molecule has 3 fully saturated rings. The minimum Gasteiger partial charge on any atom is -0.387 e. The lowest BCUT2D eigenvalue weighted by Gasteiger charge is -2.44. The van der Waals surface area contributed by atoms with Gasteiger partial charge in [0.15, 0.2) is 0 Å². The number of likely N-dealkylation sites (tertiary alicyclic amines) is 1. The summed E-state index contributed by atoms with van der Waals surface area (Å²) in [6.45, 7) is 5.10. The Hall–Kier alpha value is -1.29. The molecule has 8 nitrogen and oxygen atoms in total. The highest BCUT2D eigenvalue weighted by Crippen LogP contribution is 2.35. The van der Waals surface area contributed by atoms with Crippen LogP contribution in [0.4, 0.5) is 5.82 Å². The van der Waals surface area contributed by atoms with Crippen molar-refractivity contribution >= 4 is 15.8 Å². The van der Waals surface area contributed by atoms with Crippen molar-refractivity contribution in [3.63, 3.8) is 0 Å². The molecule has 1 aromatic heterocycles. The summed E-state index contributed by atoms with van der Waals surface area (Å²) in [5.41, 5.74) is 0.0433. The number of aryl methyl sites for hydroxylation is 1. The molecule has 29 heavy (non-hydrogen) atoms. The summed E-state index contributed by atoms with van der Waals surface area (Å²) < 4.78 is 25.2. The molecule has 9 heteroatoms. The summed E-state index contributed by atoms with van der Waals surface area (Å²) in [5.74, 6) is 1.04. The van der Waals surface area contributed by atoms with Crippen LogP contribution in [0, 0.1) is 6.92 Å². The second-order valence-electron chi connectivity index (χ2n) is 9.09. The largest absolute Gasteiger partial charge is 0.387 e. The first-order chi connectivity index (χ1) is 13.7. The third kappa shape index (κ3) is 5.07. The van der Waals surface area contributed by atoms with Crippen LogP contribution in [0.2, 0.25) is 0 Å². The van der Waals surface area contributed by atoms with E-state index >= 15 is 0 Å². The van der Waals surface area contributed by atoms with Gasteiger partial charge in [0.05, 0.1) is 11.9 Å². The van der Waals surface area contributed by atoms with Gasteiger partial charge >= 0.3 is 0 Å². The van der Waals surface area contributed by atoms with Crippen LogP contribution < -0.4 is 4.90 Å². The Kier molecular flexibility index (Phi) is 5.85. The van der Waals surface area contributed by atoms with Crippen LogP contribution >= 0.6 is 0 Å². The lowest BCUT2D eigenvalue weighted by Crippen LogP contribution is -2.57. The van der Waals surface area contributed by atoms with E-state index in [9.17, 15) is 13.5 Å². The summed E-state index contributed by atoms with van der Waals surface area (Å²) in [7, 11) is -3.26. The number of piperidine rings is 2. The molecule has 1 N–H and O–H groups in total. The van der Waals surface area contributed by atoms with Gasteiger partial charge in [0.1, 0.15) is 12.1 Å². The van der Waals surface area contributed by atoms with Gasteiger partial charge < -0.3 is 14.9 Å². The van der Waals surface area contributed by atoms with Gasteiger partial charge in [-0.05, 0) is 45.4 Å². The van der Waals surface area contributed by atoms with Crippen molar-refractivity contribution in [3.05, 3.63) is 18.1 Å². The number of aromatic nitrogens is 2. The molecule has 0 aromatic carbocycles. The normalized spacial score (nSPS) is 27.8. The van der Waals surface area contributed by atoms with E-state index in [1.165, 1.54) is 23.4 Å². The minimum absolute atomic E-state index is 0.209. The van der Waals surface area contributed by atoms with Crippen LogP contribution in [0.25, 0.3) is 0 Å². The van der Waals surface area contributed by atoms with E-state index in [4.69, 9.17) is 0 Å². The highest BCUT2D eigenvalue weighted by molar-refractivity contribution is 7.88. The summed E-state index contributed by atoms with van der Waals surface area (Å²) in [6.07, 6.45) is 8.77. The third-order valence-corrected chi connectivity index (χ3v) is 7.70. The number of hydrogen-bond acceptors (Lipinski definition) is 7. The Labute approximate surface area is 174 Å². The Balaban J connectivity index is 1.36. The van der Waals surface area contributed by atoms with Crippen LogP contribution in [0.3, 0.4) is 0 Å². The van der Waals surface area contributed by atoms with Gasteiger partial charge in [0, 0.05) is 56.6 Å². The number of rotatable bonds is 6. The van der Waals surface area contributed by atoms with Gasteiger partial charge in [0.25, 0.3) is 0 Å². The third-order valence-electron chi connectivity index (χ3n) is 6.45. The molecule has 1 unspecified atom stereocenters. The van der Waals surface area contributed by atoms with Gasteiger partial charge in [-0.15, -0.1) is 0 Å². The number of aliphatic hydroxyl groups is 1. The molecule has 0 radical (unpaired) electrons. The Morgan fingerprint density at radius 2 is 1.86 bits per heavy atom. The van der Waals surface area contributed by atoms with Crippen LogP contribution in [0.15, 0.2) is 12.4 Å². The first kappa shape index (κ1) is 21.0. The van der Waals surface area contributed by atoms with Crippen molar-refractivity contribution in [3.8, 4) is 0 Å². The van der Waals surface area contributed by atoms with Crippen molar-refractivity contribution in [2.75, 3.05) is 43.9 Å². The van der Waals surface area contributed by atoms with E-state index in [1.54, 1.807) is 6.33 Å². The molecule has 1 atom stereocenters. The standard InChI is InChI=1S/C20H33N5O3S/c1-16-12-19(22-15-21-16)25(17-4-5-17)18-6-10-23(11-7-18)13-20(26)8-3-9-24(14-20)29(2,27)28/h12,15,17-18,26H,3-11,13-14H2,1-2H3. The molecular weight excluding hydrogens is 390 g/mol. The van der Waals surface area contributed by atoms with Gasteiger partial charge in [-0.1, -0.05) is 0 Å². The number of β-amino-alcohol motifs (C(OH)–C–C–N with tert-alkyl or cyclic N) is 1. The topological polar surface area (TPSA) is 89.9 Å². The molecule has 0 spiro atoms. The van der Waals surface area contributed by atoms with Crippen molar-refractivity contribution < 1.29 is 13.5 Å². The van der Waals surface area contributed by atoms with Crippen LogP contribution in [-0.2, 0) is 10.0 Å². The monoisotopic (exact) mass is 423 g/mol. The number of hydrogen-bond donors (Lipinski definition) is 1. The first-order valence-electron chi connectivity index (χ1n) is 10.7. The average Bonchev–Trinajstić information content (AvgIpc) is 3.47. The molecule has 4 rings (SSSR count). The van der Waals surface area contributed by atoms with Crippen LogP contribution in [0.5, 0.6) is 0 Å². The van der Waals surface area contributed by atoms with Crippen LogP contribution in [-0.4, -0.2) is 89.4 Å². The fourth-order valence-electron chi connectivity index (χ4n) is 4.86. The lowest BCUT2D eigenvalue weighted by molar-refractivity contribution is -0.0387. The lowest BCUT2D eigenvalue weighted by atomic mass is 9.92. The molecule has 0 amide bonds. The minimum atomic E-state index is -3.26. The molecule has 162 valence electrons. The summed E-state index contributed by atoms with van der Waals surface area (Å²) in [5, 5.41) is 11.1. The fraction of sp³-hybridized carbons (Fsp3) is 0.800. The van der Waals surface area contributed by atoms with E-state index in [-0.39, 0.29) is 6.54 Å². The molecule has 2 saturated heterocycles. The second-order valence-corrected chi connectivity index (χ2v) is 11.1. The molecule has 3 aliphatic rings. The molecule has 1 aromatic rings. The zero-order valence-electron chi connectivity index (χ0n) is 17.5. The number of sulfonamides is 1. The second kappa shape index (κ2) is 8.09. The van der Waals surface area contributed by atoms with Gasteiger partial charge in [0.2, 0.25) is 10.0 Å². The van der Waals surface area contributed by atoms with E-state index in [2.05, 4.69) is 25.8 Å². The molecule has 1 aliphatic carbocycles. The predicted octanol–water partition coefficient (Wildman–Crippen LogP) is 1.00. The zero-order chi connectivity index (χ0) is 20.6. The average molecular weight is 424 g/mol. The van der Waals surface area contributed by atoms with Gasteiger partial charge in [-0.2, -0.15) is 4.31 Å². The van der Waals surface area contributed by atoms with Gasteiger partial charge in [-0.25, -0.2) is 18.4 Å². The number of anilines is 1. The SMILES string of the molecule is Cc1cc(N(C2CC2)C2CCN(CC3(O)CCCN(S(C)(=O)=O)C3)CC2)ncn1. The van der Waals surface area contributed by atoms with Crippen molar-refractivity contribution in [2.24, 2.45) is 0 Å². The molecular formula is C20H33N5O3S. The smallest absolute Gasteiger partial charge is 0.211 e. The summed E-state index contributed by atoms with van der Waals surface area (Å²) in [4.78, 5) is 13.6. The highest BCUT2D eigenvalue weighted by Gasteiger charge is 2.40. The molecule has 3 heterocycles. The first-order valence-corrected chi connectivity index (χ1v) is 12.6. The number of nitrogens with zero attached hydrogens (tertiary/aromatic N) is 5. The van der Waals surface area contributed by atoms with E-state index in [0.29, 0.717) is 38.0 Å². The summed E-state index contributed by atoms with van der Waals surface area (Å²) >= 11 is 0. The molecule has 0 bridgehead atoms. The maximum absolute atomic E-state index is 11.9. The fourth-order valence-corrected chi connectivity index (χ4v) is 5.80. The molecule has 1 saturated carbocycles. The Morgan fingerprint density at radius 1 is 1.17 bits per heavy atom. The van der Waals surface area contributed by atoms with E-state index in [0.717, 1.165) is 37.4 Å². The Bertz CT molecular complexity index is 823. The zero-order valence-corrected chi connectivity index (χ0v) is 18.3. The van der Waals surface area contributed by atoms with Crippen molar-refractivity contribution in [1.82, 2.24) is 19.2 Å². The Morgan fingerprint density at radius 3 is 2.48 bits per heavy atom. The highest BCUT2D eigenvalue weighted by atomic mass is 32.2. The van der Waals surface area contributed by atoms with Crippen molar-refractivity contribution in [2.45, 2.75) is 63.1 Å². The van der Waals surface area contributed by atoms with E-state index in [1.807, 2.05) is 6.92 Å². The van der Waals surface area contributed by atoms with E-state index < -0.39 is 15.6 Å². The van der Waals surface area contributed by atoms with Crippen molar-refractivity contribution in [1.29, 1.82) is 0 Å².